The largest absolute Gasteiger partial charge is 0.423 e. The fourth-order valence-electron chi connectivity index (χ4n) is 1.89. The van der Waals surface area contributed by atoms with E-state index in [4.69, 9.17) is 27.9 Å². The third-order valence-corrected chi connectivity index (χ3v) is 3.54. The molecule has 0 aliphatic carbocycles. The highest BCUT2D eigenvalue weighted by Crippen LogP contribution is 2.24. The molecule has 2 aromatic rings. The second-order valence-corrected chi connectivity index (χ2v) is 5.48. The molecule has 0 unspecified atom stereocenters. The Bertz CT molecular complexity index is 686. The number of carbonyl (C=O) groups excluding carboxylic acids is 1. The van der Waals surface area contributed by atoms with Gasteiger partial charge in [0.05, 0.1) is 0 Å². The van der Waals surface area contributed by atoms with Crippen molar-refractivity contribution in [1.82, 2.24) is 0 Å². The lowest BCUT2D eigenvalue weighted by atomic mass is 10.1. The van der Waals surface area contributed by atoms with E-state index in [0.717, 1.165) is 11.1 Å². The number of aryl methyl sites for hydroxylation is 2. The van der Waals surface area contributed by atoms with E-state index in [1.807, 2.05) is 32.0 Å². The Hall–Kier alpha value is -1.77. The van der Waals surface area contributed by atoms with Gasteiger partial charge >= 0.3 is 5.97 Å². The summed E-state index contributed by atoms with van der Waals surface area (Å²) in [5, 5.41) is 1.04. The maximum atomic E-state index is 11.9. The summed E-state index contributed by atoms with van der Waals surface area (Å²) in [7, 11) is 0. The van der Waals surface area contributed by atoms with Gasteiger partial charge in [0, 0.05) is 16.1 Å². The van der Waals surface area contributed by atoms with Gasteiger partial charge in [-0.05, 0) is 48.7 Å². The lowest BCUT2D eigenvalue weighted by Crippen LogP contribution is -2.06. The van der Waals surface area contributed by atoms with Crippen molar-refractivity contribution in [3.63, 3.8) is 0 Å². The van der Waals surface area contributed by atoms with Gasteiger partial charge in [-0.3, -0.25) is 0 Å². The summed E-state index contributed by atoms with van der Waals surface area (Å²) in [4.78, 5) is 11.9. The van der Waals surface area contributed by atoms with Crippen molar-refractivity contribution in [3.8, 4) is 5.75 Å². The maximum absolute atomic E-state index is 11.9. The second-order valence-electron chi connectivity index (χ2n) is 4.64. The lowest BCUT2D eigenvalue weighted by Gasteiger charge is -2.08. The smallest absolute Gasteiger partial charge is 0.336 e. The van der Waals surface area contributed by atoms with E-state index in [1.165, 1.54) is 6.08 Å². The molecular weight excluding hydrogens is 307 g/mol. The molecule has 108 valence electrons. The minimum absolute atomic E-state index is 0.446. The van der Waals surface area contributed by atoms with E-state index >= 15 is 0 Å². The van der Waals surface area contributed by atoms with Gasteiger partial charge in [-0.15, -0.1) is 0 Å². The summed E-state index contributed by atoms with van der Waals surface area (Å²) in [5.74, 6) is 0.146. The van der Waals surface area contributed by atoms with Crippen molar-refractivity contribution in [2.75, 3.05) is 0 Å². The molecule has 0 amide bonds. The molecule has 0 heterocycles. The van der Waals surface area contributed by atoms with Crippen LogP contribution in [0.15, 0.2) is 42.5 Å². The summed E-state index contributed by atoms with van der Waals surface area (Å²) in [5.41, 5.74) is 2.54. The van der Waals surface area contributed by atoms with Gasteiger partial charge in [-0.1, -0.05) is 47.5 Å². The van der Waals surface area contributed by atoms with E-state index in [9.17, 15) is 4.79 Å². The zero-order valence-corrected chi connectivity index (χ0v) is 13.2. The molecule has 0 spiro atoms. The van der Waals surface area contributed by atoms with Crippen molar-refractivity contribution in [3.05, 3.63) is 69.2 Å². The quantitative estimate of drug-likeness (QED) is 0.439. The summed E-state index contributed by atoms with van der Waals surface area (Å²) < 4.78 is 5.37. The topological polar surface area (TPSA) is 26.3 Å². The van der Waals surface area contributed by atoms with Gasteiger partial charge in [0.1, 0.15) is 5.75 Å². The van der Waals surface area contributed by atoms with E-state index in [0.29, 0.717) is 21.4 Å². The number of carbonyl (C=O) groups is 1. The summed E-state index contributed by atoms with van der Waals surface area (Å²) in [6.07, 6.45) is 2.95. The number of halogens is 2. The third-order valence-electron chi connectivity index (χ3n) is 2.97. The van der Waals surface area contributed by atoms with Gasteiger partial charge in [-0.25, -0.2) is 4.79 Å². The lowest BCUT2D eigenvalue weighted by molar-refractivity contribution is -0.129. The standard InChI is InChI=1S/C17H14Cl2O2/c1-11-4-3-5-12(2)17(11)21-16(20)9-7-13-6-8-14(18)10-15(13)19/h3-10H,1-2H3/b9-7+. The first-order valence-corrected chi connectivity index (χ1v) is 7.14. The highest BCUT2D eigenvalue weighted by atomic mass is 35.5. The van der Waals surface area contributed by atoms with Gasteiger partial charge in [0.2, 0.25) is 0 Å². The molecule has 0 radical (unpaired) electrons. The zero-order chi connectivity index (χ0) is 15.4. The molecule has 0 saturated heterocycles. The first-order chi connectivity index (χ1) is 9.97. The Kier molecular flexibility index (Phi) is 5.05. The molecule has 2 aromatic carbocycles. The van der Waals surface area contributed by atoms with Crippen LogP contribution in [-0.4, -0.2) is 5.97 Å². The van der Waals surface area contributed by atoms with E-state index in [2.05, 4.69) is 0 Å². The fourth-order valence-corrected chi connectivity index (χ4v) is 2.36. The Labute approximate surface area is 134 Å². The highest BCUT2D eigenvalue weighted by molar-refractivity contribution is 6.35. The monoisotopic (exact) mass is 320 g/mol. The summed E-state index contributed by atoms with van der Waals surface area (Å²) >= 11 is 11.9. The molecule has 2 rings (SSSR count). The normalized spacial score (nSPS) is 10.9. The van der Waals surface area contributed by atoms with Crippen molar-refractivity contribution < 1.29 is 9.53 Å². The van der Waals surface area contributed by atoms with Crippen LogP contribution in [-0.2, 0) is 4.79 Å². The molecule has 0 saturated carbocycles. The molecule has 0 fully saturated rings. The Balaban J connectivity index is 2.13. The number of ether oxygens (including phenoxy) is 1. The second kappa shape index (κ2) is 6.79. The summed E-state index contributed by atoms with van der Waals surface area (Å²) in [6.45, 7) is 3.80. The van der Waals surface area contributed by atoms with Crippen LogP contribution < -0.4 is 4.74 Å². The predicted octanol–water partition coefficient (Wildman–Crippen LogP) is 5.23. The SMILES string of the molecule is Cc1cccc(C)c1OC(=O)/C=C/c1ccc(Cl)cc1Cl. The minimum atomic E-state index is -0.446. The molecule has 2 nitrogen and oxygen atoms in total. The van der Waals surface area contributed by atoms with Crippen LogP contribution in [0.3, 0.4) is 0 Å². The number of para-hydroxylation sites is 1. The Morgan fingerprint density at radius 1 is 1.10 bits per heavy atom. The van der Waals surface area contributed by atoms with E-state index in [-0.39, 0.29) is 0 Å². The van der Waals surface area contributed by atoms with Gasteiger partial charge in [0.25, 0.3) is 0 Å². The maximum Gasteiger partial charge on any atom is 0.336 e. The minimum Gasteiger partial charge on any atom is -0.423 e. The number of rotatable bonds is 3. The molecule has 0 bridgehead atoms. The van der Waals surface area contributed by atoms with Crippen LogP contribution in [0, 0.1) is 13.8 Å². The molecule has 0 aliphatic rings. The van der Waals surface area contributed by atoms with Crippen molar-refractivity contribution in [2.45, 2.75) is 13.8 Å². The summed E-state index contributed by atoms with van der Waals surface area (Å²) in [6, 6.07) is 10.8. The van der Waals surface area contributed by atoms with Crippen LogP contribution in [0.4, 0.5) is 0 Å². The van der Waals surface area contributed by atoms with Gasteiger partial charge < -0.3 is 4.74 Å². The van der Waals surface area contributed by atoms with Gasteiger partial charge in [0.15, 0.2) is 0 Å². The van der Waals surface area contributed by atoms with Crippen LogP contribution in [0.2, 0.25) is 10.0 Å². The average molecular weight is 321 g/mol. The average Bonchev–Trinajstić information content (AvgIpc) is 2.42. The van der Waals surface area contributed by atoms with E-state index < -0.39 is 5.97 Å². The molecular formula is C17H14Cl2O2. The van der Waals surface area contributed by atoms with Crippen LogP contribution in [0.25, 0.3) is 6.08 Å². The Morgan fingerprint density at radius 2 is 1.76 bits per heavy atom. The zero-order valence-electron chi connectivity index (χ0n) is 11.7. The fraction of sp³-hybridized carbons (Fsp3) is 0.118. The Morgan fingerprint density at radius 3 is 2.38 bits per heavy atom. The first kappa shape index (κ1) is 15.6. The van der Waals surface area contributed by atoms with Crippen LogP contribution in [0.5, 0.6) is 5.75 Å². The van der Waals surface area contributed by atoms with E-state index in [1.54, 1.807) is 24.3 Å². The molecule has 0 N–H and O–H groups in total. The van der Waals surface area contributed by atoms with Gasteiger partial charge in [-0.2, -0.15) is 0 Å². The first-order valence-electron chi connectivity index (χ1n) is 6.38. The predicted molar refractivity (Wildman–Crippen MR) is 87.0 cm³/mol. The van der Waals surface area contributed by atoms with Crippen LogP contribution in [0.1, 0.15) is 16.7 Å². The highest BCUT2D eigenvalue weighted by Gasteiger charge is 2.07. The van der Waals surface area contributed by atoms with Crippen molar-refractivity contribution >= 4 is 35.2 Å². The van der Waals surface area contributed by atoms with Crippen LogP contribution >= 0.6 is 23.2 Å². The number of hydrogen-bond acceptors (Lipinski definition) is 2. The molecule has 0 atom stereocenters. The number of hydrogen-bond donors (Lipinski definition) is 0. The van der Waals surface area contributed by atoms with Crippen molar-refractivity contribution in [1.29, 1.82) is 0 Å². The molecule has 4 heteroatoms. The third kappa shape index (κ3) is 4.10. The number of esters is 1. The van der Waals surface area contributed by atoms with Crippen molar-refractivity contribution in [2.24, 2.45) is 0 Å². The molecule has 0 aromatic heterocycles. The molecule has 0 aliphatic heterocycles. The molecule has 21 heavy (non-hydrogen) atoms. The number of benzene rings is 2.